The lowest BCUT2D eigenvalue weighted by Crippen LogP contribution is -2.31. The zero-order chi connectivity index (χ0) is 14.8. The van der Waals surface area contributed by atoms with E-state index in [1.807, 2.05) is 26.0 Å². The Morgan fingerprint density at radius 1 is 1.35 bits per heavy atom. The van der Waals surface area contributed by atoms with Gasteiger partial charge in [-0.15, -0.1) is 0 Å². The van der Waals surface area contributed by atoms with Gasteiger partial charge in [0.2, 0.25) is 0 Å². The van der Waals surface area contributed by atoms with Crippen LogP contribution in [0.2, 0.25) is 0 Å². The van der Waals surface area contributed by atoms with Crippen molar-refractivity contribution in [2.24, 2.45) is 0 Å². The van der Waals surface area contributed by atoms with Gasteiger partial charge in [0.05, 0.1) is 5.52 Å². The molecule has 1 heterocycles. The summed E-state index contributed by atoms with van der Waals surface area (Å²) >= 11 is 0. The average molecular weight is 276 g/mol. The monoisotopic (exact) mass is 276 g/mol. The first kappa shape index (κ1) is 14.2. The molecule has 0 unspecified atom stereocenters. The fourth-order valence-corrected chi connectivity index (χ4v) is 1.99. The largest absolute Gasteiger partial charge is 0.481 e. The quantitative estimate of drug-likeness (QED) is 0.878. The fourth-order valence-electron chi connectivity index (χ4n) is 1.99. The highest BCUT2D eigenvalue weighted by Crippen LogP contribution is 2.21. The molecule has 0 aliphatic heterocycles. The third-order valence-electron chi connectivity index (χ3n) is 3.08. The summed E-state index contributed by atoms with van der Waals surface area (Å²) in [6, 6.07) is 8.12. The van der Waals surface area contributed by atoms with Gasteiger partial charge in [0.25, 0.3) is 0 Å². The highest BCUT2D eigenvalue weighted by Gasteiger charge is 2.19. The minimum absolute atomic E-state index is 0.0855. The Morgan fingerprint density at radius 3 is 2.75 bits per heavy atom. The smallest absolute Gasteiger partial charge is 0.303 e. The van der Waals surface area contributed by atoms with Gasteiger partial charge in [0.15, 0.2) is 0 Å². The summed E-state index contributed by atoms with van der Waals surface area (Å²) in [4.78, 5) is 15.0. The van der Waals surface area contributed by atoms with Crippen LogP contribution in [0, 0.1) is 5.82 Å². The summed E-state index contributed by atoms with van der Waals surface area (Å²) < 4.78 is 13.2. The first-order valence-electron chi connectivity index (χ1n) is 6.42. The van der Waals surface area contributed by atoms with E-state index in [-0.39, 0.29) is 12.2 Å². The molecule has 0 aliphatic carbocycles. The minimum atomic E-state index is -0.826. The topological polar surface area (TPSA) is 62.2 Å². The third-order valence-corrected chi connectivity index (χ3v) is 3.08. The van der Waals surface area contributed by atoms with Gasteiger partial charge in [0, 0.05) is 23.4 Å². The number of anilines is 1. The third kappa shape index (κ3) is 3.66. The molecule has 1 aromatic carbocycles. The molecule has 5 heteroatoms. The zero-order valence-electron chi connectivity index (χ0n) is 11.5. The van der Waals surface area contributed by atoms with Crippen molar-refractivity contribution in [2.75, 3.05) is 5.32 Å². The Kier molecular flexibility index (Phi) is 3.88. The van der Waals surface area contributed by atoms with E-state index in [1.165, 1.54) is 12.1 Å². The van der Waals surface area contributed by atoms with E-state index in [9.17, 15) is 9.18 Å². The van der Waals surface area contributed by atoms with Crippen molar-refractivity contribution in [2.45, 2.75) is 32.2 Å². The Labute approximate surface area is 116 Å². The first-order valence-corrected chi connectivity index (χ1v) is 6.42. The molecule has 2 N–H and O–H groups in total. The molecule has 0 radical (unpaired) electrons. The van der Waals surface area contributed by atoms with Crippen LogP contribution in [0.4, 0.5) is 10.2 Å². The second-order valence-corrected chi connectivity index (χ2v) is 5.44. The number of pyridine rings is 1. The minimum Gasteiger partial charge on any atom is -0.481 e. The number of hydrogen-bond donors (Lipinski definition) is 2. The average Bonchev–Trinajstić information content (AvgIpc) is 2.35. The Bertz CT molecular complexity index is 641. The molecular weight excluding hydrogens is 259 g/mol. The Hall–Kier alpha value is -2.17. The van der Waals surface area contributed by atoms with Crippen LogP contribution in [0.15, 0.2) is 30.3 Å². The number of aliphatic carboxylic acids is 1. The molecule has 2 aromatic rings. The molecular formula is C15H17FN2O2. The molecule has 0 bridgehead atoms. The van der Waals surface area contributed by atoms with Gasteiger partial charge in [-0.1, -0.05) is 0 Å². The van der Waals surface area contributed by atoms with Gasteiger partial charge in [-0.3, -0.25) is 4.79 Å². The van der Waals surface area contributed by atoms with Crippen LogP contribution < -0.4 is 5.32 Å². The molecule has 0 fully saturated rings. The highest BCUT2D eigenvalue weighted by atomic mass is 19.1. The molecule has 0 atom stereocenters. The number of hydrogen-bond acceptors (Lipinski definition) is 3. The summed E-state index contributed by atoms with van der Waals surface area (Å²) in [6.07, 6.45) is 0.563. The molecule has 20 heavy (non-hydrogen) atoms. The number of carbonyl (C=O) groups is 1. The van der Waals surface area contributed by atoms with Crippen molar-refractivity contribution in [3.05, 3.63) is 36.1 Å². The van der Waals surface area contributed by atoms with E-state index in [0.29, 0.717) is 17.8 Å². The molecule has 0 saturated carbocycles. The van der Waals surface area contributed by atoms with Crippen LogP contribution in [0.3, 0.4) is 0 Å². The van der Waals surface area contributed by atoms with E-state index in [1.54, 1.807) is 6.07 Å². The van der Waals surface area contributed by atoms with Crippen molar-refractivity contribution in [1.29, 1.82) is 0 Å². The van der Waals surface area contributed by atoms with Crippen LogP contribution in [-0.2, 0) is 4.79 Å². The van der Waals surface area contributed by atoms with Crippen molar-refractivity contribution < 1.29 is 14.3 Å². The maximum Gasteiger partial charge on any atom is 0.303 e. The van der Waals surface area contributed by atoms with Gasteiger partial charge in [-0.05, 0) is 44.5 Å². The van der Waals surface area contributed by atoms with E-state index in [0.717, 1.165) is 5.39 Å². The summed E-state index contributed by atoms with van der Waals surface area (Å²) in [5, 5.41) is 12.8. The molecule has 0 aliphatic rings. The normalized spacial score (nSPS) is 11.6. The van der Waals surface area contributed by atoms with Crippen LogP contribution >= 0.6 is 0 Å². The van der Waals surface area contributed by atoms with Gasteiger partial charge in [-0.25, -0.2) is 9.37 Å². The predicted octanol–water partition coefficient (Wildman–Crippen LogP) is 3.43. The number of benzene rings is 1. The van der Waals surface area contributed by atoms with E-state index >= 15 is 0 Å². The van der Waals surface area contributed by atoms with Crippen LogP contribution in [0.25, 0.3) is 10.9 Å². The van der Waals surface area contributed by atoms with Crippen molar-refractivity contribution in [3.63, 3.8) is 0 Å². The van der Waals surface area contributed by atoms with E-state index in [2.05, 4.69) is 10.3 Å². The summed E-state index contributed by atoms with van der Waals surface area (Å²) in [5.41, 5.74) is 0.177. The summed E-state index contributed by atoms with van der Waals surface area (Å²) in [6.45, 7) is 3.82. The number of aromatic nitrogens is 1. The number of carboxylic acid groups (broad SMARTS) is 1. The first-order chi connectivity index (χ1) is 9.35. The molecule has 0 spiro atoms. The molecule has 4 nitrogen and oxygen atoms in total. The van der Waals surface area contributed by atoms with Gasteiger partial charge < -0.3 is 10.4 Å². The lowest BCUT2D eigenvalue weighted by molar-refractivity contribution is -0.137. The lowest BCUT2D eigenvalue weighted by Gasteiger charge is -2.26. The molecule has 2 rings (SSSR count). The SMILES string of the molecule is CC(C)(CCC(=O)O)Nc1ccc2ccc(F)cc2n1. The second-order valence-electron chi connectivity index (χ2n) is 5.44. The van der Waals surface area contributed by atoms with E-state index < -0.39 is 11.5 Å². The Morgan fingerprint density at radius 2 is 2.05 bits per heavy atom. The van der Waals surface area contributed by atoms with Crippen LogP contribution in [0.1, 0.15) is 26.7 Å². The predicted molar refractivity (Wildman–Crippen MR) is 76.3 cm³/mol. The van der Waals surface area contributed by atoms with Crippen molar-refractivity contribution in [3.8, 4) is 0 Å². The van der Waals surface area contributed by atoms with Crippen molar-refractivity contribution in [1.82, 2.24) is 4.98 Å². The van der Waals surface area contributed by atoms with Crippen molar-refractivity contribution >= 4 is 22.7 Å². The number of carboxylic acids is 1. The fraction of sp³-hybridized carbons (Fsp3) is 0.333. The van der Waals surface area contributed by atoms with Gasteiger partial charge in [-0.2, -0.15) is 0 Å². The number of rotatable bonds is 5. The molecule has 1 aromatic heterocycles. The maximum absolute atomic E-state index is 13.2. The van der Waals surface area contributed by atoms with Gasteiger partial charge in [0.1, 0.15) is 11.6 Å². The number of nitrogens with one attached hydrogen (secondary N) is 1. The van der Waals surface area contributed by atoms with Crippen LogP contribution in [0.5, 0.6) is 0 Å². The zero-order valence-corrected chi connectivity index (χ0v) is 11.5. The summed E-state index contributed by atoms with van der Waals surface area (Å²) in [5.74, 6) is -0.542. The maximum atomic E-state index is 13.2. The Balaban J connectivity index is 2.18. The molecule has 0 saturated heterocycles. The summed E-state index contributed by atoms with van der Waals surface area (Å²) in [7, 11) is 0. The number of halogens is 1. The lowest BCUT2D eigenvalue weighted by atomic mass is 9.98. The molecule has 106 valence electrons. The molecule has 0 amide bonds. The second kappa shape index (κ2) is 5.45. The number of nitrogens with zero attached hydrogens (tertiary/aromatic N) is 1. The highest BCUT2D eigenvalue weighted by molar-refractivity contribution is 5.80. The van der Waals surface area contributed by atoms with E-state index in [4.69, 9.17) is 5.11 Å². The standard InChI is InChI=1S/C15H17FN2O2/c1-15(2,8-7-14(19)20)18-13-6-4-10-3-5-11(16)9-12(10)17-13/h3-6,9H,7-8H2,1-2H3,(H,17,18)(H,19,20). The van der Waals surface area contributed by atoms with Gasteiger partial charge >= 0.3 is 5.97 Å². The number of fused-ring (bicyclic) bond motifs is 1. The van der Waals surface area contributed by atoms with Crippen LogP contribution in [-0.4, -0.2) is 21.6 Å².